The van der Waals surface area contributed by atoms with E-state index in [1.165, 1.54) is 25.7 Å². The smallest absolute Gasteiger partial charge is 0.0696 e. The Morgan fingerprint density at radius 2 is 2.15 bits per heavy atom. The monoisotopic (exact) mass is 179 g/mol. The van der Waals surface area contributed by atoms with Crippen molar-refractivity contribution in [1.29, 1.82) is 0 Å². The highest BCUT2D eigenvalue weighted by atomic mass is 16.3. The maximum Gasteiger partial charge on any atom is 0.0696 e. The highest BCUT2D eigenvalue weighted by Gasteiger charge is 2.14. The summed E-state index contributed by atoms with van der Waals surface area (Å²) in [6.45, 7) is 1.30. The van der Waals surface area contributed by atoms with Gasteiger partial charge in [0.05, 0.1) is 6.61 Å². The van der Waals surface area contributed by atoms with E-state index in [1.54, 1.807) is 0 Å². The molecule has 0 aromatic carbocycles. The molecule has 1 saturated carbocycles. The van der Waals surface area contributed by atoms with Gasteiger partial charge in [0.15, 0.2) is 0 Å². The number of hydrogen-bond donors (Lipinski definition) is 1. The third-order valence-electron chi connectivity index (χ3n) is 2.94. The summed E-state index contributed by atoms with van der Waals surface area (Å²) in [5.41, 5.74) is 1.03. The van der Waals surface area contributed by atoms with E-state index in [9.17, 15) is 0 Å². The number of aromatic nitrogens is 1. The van der Waals surface area contributed by atoms with Crippen molar-refractivity contribution in [3.05, 3.63) is 24.0 Å². The van der Waals surface area contributed by atoms with Crippen molar-refractivity contribution < 1.29 is 5.11 Å². The van der Waals surface area contributed by atoms with Gasteiger partial charge in [-0.05, 0) is 30.4 Å². The highest BCUT2D eigenvalue weighted by Crippen LogP contribution is 2.26. The fraction of sp³-hybridized carbons (Fsp3) is 0.636. The summed E-state index contributed by atoms with van der Waals surface area (Å²) in [5.74, 6) is 0.874. The van der Waals surface area contributed by atoms with Crippen LogP contribution in [0.3, 0.4) is 0 Å². The lowest BCUT2D eigenvalue weighted by atomic mass is 10.1. The summed E-state index contributed by atoms with van der Waals surface area (Å²) in [7, 11) is 0. The fourth-order valence-corrected chi connectivity index (χ4v) is 2.19. The van der Waals surface area contributed by atoms with Crippen molar-refractivity contribution in [3.8, 4) is 0 Å². The van der Waals surface area contributed by atoms with Gasteiger partial charge in [-0.15, -0.1) is 0 Å². The van der Waals surface area contributed by atoms with Gasteiger partial charge in [0.2, 0.25) is 0 Å². The highest BCUT2D eigenvalue weighted by molar-refractivity contribution is 5.08. The molecular formula is C11H17NO. The van der Waals surface area contributed by atoms with Gasteiger partial charge < -0.3 is 9.67 Å². The minimum Gasteiger partial charge on any atom is -0.392 e. The molecule has 2 rings (SSSR count). The van der Waals surface area contributed by atoms with Gasteiger partial charge in [-0.25, -0.2) is 0 Å². The summed E-state index contributed by atoms with van der Waals surface area (Å²) >= 11 is 0. The van der Waals surface area contributed by atoms with Crippen molar-refractivity contribution in [3.63, 3.8) is 0 Å². The molecule has 2 heteroatoms. The molecule has 1 N–H and O–H groups in total. The summed E-state index contributed by atoms with van der Waals surface area (Å²) in [6.07, 6.45) is 9.69. The molecule has 1 aliphatic rings. The SMILES string of the molecule is OCc1ccn(CC2CCCC2)c1. The molecular weight excluding hydrogens is 162 g/mol. The Morgan fingerprint density at radius 1 is 1.38 bits per heavy atom. The van der Waals surface area contributed by atoms with E-state index in [1.807, 2.05) is 6.07 Å². The number of aliphatic hydroxyl groups excluding tert-OH is 1. The van der Waals surface area contributed by atoms with Gasteiger partial charge in [-0.1, -0.05) is 12.8 Å². The molecule has 0 radical (unpaired) electrons. The molecule has 0 spiro atoms. The third kappa shape index (κ3) is 2.13. The molecule has 1 aromatic rings. The zero-order valence-electron chi connectivity index (χ0n) is 7.95. The van der Waals surface area contributed by atoms with Crippen molar-refractivity contribution in [2.45, 2.75) is 38.8 Å². The summed E-state index contributed by atoms with van der Waals surface area (Å²) in [5, 5.41) is 8.90. The van der Waals surface area contributed by atoms with Gasteiger partial charge in [0.25, 0.3) is 0 Å². The average Bonchev–Trinajstić information content (AvgIpc) is 2.76. The van der Waals surface area contributed by atoms with Crippen LogP contribution in [0.4, 0.5) is 0 Å². The first-order valence-electron chi connectivity index (χ1n) is 5.14. The van der Waals surface area contributed by atoms with E-state index < -0.39 is 0 Å². The summed E-state index contributed by atoms with van der Waals surface area (Å²) < 4.78 is 2.21. The molecule has 72 valence electrons. The minimum atomic E-state index is 0.164. The van der Waals surface area contributed by atoms with Gasteiger partial charge in [-0.3, -0.25) is 0 Å². The van der Waals surface area contributed by atoms with Gasteiger partial charge in [0.1, 0.15) is 0 Å². The Labute approximate surface area is 79.2 Å². The lowest BCUT2D eigenvalue weighted by molar-refractivity contribution is 0.281. The van der Waals surface area contributed by atoms with Crippen LogP contribution < -0.4 is 0 Å². The molecule has 0 aliphatic heterocycles. The first-order valence-corrected chi connectivity index (χ1v) is 5.14. The summed E-state index contributed by atoms with van der Waals surface area (Å²) in [6, 6.07) is 1.99. The van der Waals surface area contributed by atoms with Crippen molar-refractivity contribution in [2.75, 3.05) is 0 Å². The topological polar surface area (TPSA) is 25.2 Å². The van der Waals surface area contributed by atoms with E-state index in [0.717, 1.165) is 18.0 Å². The molecule has 1 fully saturated rings. The quantitative estimate of drug-likeness (QED) is 0.755. The second-order valence-corrected chi connectivity index (χ2v) is 4.03. The Hall–Kier alpha value is -0.760. The number of aliphatic hydroxyl groups is 1. The van der Waals surface area contributed by atoms with Gasteiger partial charge in [-0.2, -0.15) is 0 Å². The molecule has 0 unspecified atom stereocenters. The Bertz CT molecular complexity index is 261. The van der Waals surface area contributed by atoms with Crippen LogP contribution in [0.15, 0.2) is 18.5 Å². The van der Waals surface area contributed by atoms with Crippen LogP contribution in [-0.4, -0.2) is 9.67 Å². The van der Waals surface area contributed by atoms with Crippen LogP contribution in [0.1, 0.15) is 31.2 Å². The lowest BCUT2D eigenvalue weighted by Gasteiger charge is -2.09. The molecule has 0 atom stereocenters. The Kier molecular flexibility index (Phi) is 2.69. The average molecular weight is 179 g/mol. The molecule has 1 aliphatic carbocycles. The second kappa shape index (κ2) is 3.97. The lowest BCUT2D eigenvalue weighted by Crippen LogP contribution is -2.04. The van der Waals surface area contributed by atoms with Crippen LogP contribution in [-0.2, 0) is 13.2 Å². The minimum absolute atomic E-state index is 0.164. The van der Waals surface area contributed by atoms with Crippen molar-refractivity contribution in [2.24, 2.45) is 5.92 Å². The van der Waals surface area contributed by atoms with E-state index in [2.05, 4.69) is 17.0 Å². The second-order valence-electron chi connectivity index (χ2n) is 4.03. The van der Waals surface area contributed by atoms with E-state index >= 15 is 0 Å². The Morgan fingerprint density at radius 3 is 2.77 bits per heavy atom. The van der Waals surface area contributed by atoms with Gasteiger partial charge in [0, 0.05) is 18.9 Å². The zero-order valence-corrected chi connectivity index (χ0v) is 7.95. The zero-order chi connectivity index (χ0) is 9.10. The molecule has 1 heterocycles. The molecule has 2 nitrogen and oxygen atoms in total. The summed E-state index contributed by atoms with van der Waals surface area (Å²) in [4.78, 5) is 0. The molecule has 1 aromatic heterocycles. The fourth-order valence-electron chi connectivity index (χ4n) is 2.19. The number of hydrogen-bond acceptors (Lipinski definition) is 1. The van der Waals surface area contributed by atoms with E-state index in [-0.39, 0.29) is 6.61 Å². The first-order chi connectivity index (χ1) is 6.38. The predicted molar refractivity (Wildman–Crippen MR) is 52.3 cm³/mol. The Balaban J connectivity index is 1.92. The van der Waals surface area contributed by atoms with Crippen LogP contribution in [0.25, 0.3) is 0 Å². The molecule has 0 saturated heterocycles. The maximum atomic E-state index is 8.90. The van der Waals surface area contributed by atoms with Crippen LogP contribution >= 0.6 is 0 Å². The van der Waals surface area contributed by atoms with Crippen molar-refractivity contribution >= 4 is 0 Å². The largest absolute Gasteiger partial charge is 0.392 e. The van der Waals surface area contributed by atoms with Crippen LogP contribution in [0, 0.1) is 5.92 Å². The molecule has 13 heavy (non-hydrogen) atoms. The predicted octanol–water partition coefficient (Wildman–Crippen LogP) is 2.17. The number of rotatable bonds is 3. The first kappa shape index (κ1) is 8.82. The number of nitrogens with zero attached hydrogens (tertiary/aromatic N) is 1. The van der Waals surface area contributed by atoms with Crippen LogP contribution in [0.2, 0.25) is 0 Å². The normalized spacial score (nSPS) is 18.2. The van der Waals surface area contributed by atoms with Crippen LogP contribution in [0.5, 0.6) is 0 Å². The van der Waals surface area contributed by atoms with Crippen molar-refractivity contribution in [1.82, 2.24) is 4.57 Å². The standard InChI is InChI=1S/C11H17NO/c13-9-11-5-6-12(8-11)7-10-3-1-2-4-10/h5-6,8,10,13H,1-4,7,9H2. The third-order valence-corrected chi connectivity index (χ3v) is 2.94. The molecule has 0 bridgehead atoms. The van der Waals surface area contributed by atoms with E-state index in [4.69, 9.17) is 5.11 Å². The maximum absolute atomic E-state index is 8.90. The van der Waals surface area contributed by atoms with E-state index in [0.29, 0.717) is 0 Å². The molecule has 0 amide bonds. The van der Waals surface area contributed by atoms with Gasteiger partial charge >= 0.3 is 0 Å².